The summed E-state index contributed by atoms with van der Waals surface area (Å²) in [5, 5.41) is 0. The summed E-state index contributed by atoms with van der Waals surface area (Å²) in [6.45, 7) is 1.16. The monoisotopic (exact) mass is 489 g/mol. The second kappa shape index (κ2) is 7.69. The number of fused-ring (bicyclic) bond motifs is 2. The molecule has 3 nitrogen and oxygen atoms in total. The Kier molecular flexibility index (Phi) is 5.69. The molecule has 2 aromatic rings. The number of aryl methyl sites for hydroxylation is 1. The number of halogens is 4. The van der Waals surface area contributed by atoms with Gasteiger partial charge in [0.25, 0.3) is 0 Å². The first-order valence-electron chi connectivity index (χ1n) is 8.58. The van der Waals surface area contributed by atoms with Crippen LogP contribution in [0.25, 0.3) is 0 Å². The van der Waals surface area contributed by atoms with Gasteiger partial charge in [0.2, 0.25) is 6.79 Å². The summed E-state index contributed by atoms with van der Waals surface area (Å²) in [7, 11) is 2.05. The van der Waals surface area contributed by atoms with Crippen molar-refractivity contribution in [3.8, 4) is 11.5 Å². The van der Waals surface area contributed by atoms with Gasteiger partial charge >= 0.3 is 6.18 Å². The lowest BCUT2D eigenvalue weighted by Crippen LogP contribution is -3.00. The van der Waals surface area contributed by atoms with Crippen molar-refractivity contribution in [3.05, 3.63) is 58.7 Å². The highest BCUT2D eigenvalue weighted by molar-refractivity contribution is 5.99. The maximum Gasteiger partial charge on any atom is 0.416 e. The van der Waals surface area contributed by atoms with Crippen molar-refractivity contribution in [2.45, 2.75) is 25.4 Å². The number of nitrogens with zero attached hydrogens (tertiary/aromatic N) is 1. The molecular formula is C20H19F3INO2. The molecule has 0 bridgehead atoms. The fourth-order valence-corrected chi connectivity index (χ4v) is 3.54. The van der Waals surface area contributed by atoms with Crippen LogP contribution in [0.1, 0.15) is 28.7 Å². The Morgan fingerprint density at radius 3 is 2.33 bits per heavy atom. The van der Waals surface area contributed by atoms with E-state index in [1.165, 1.54) is 11.3 Å². The molecule has 0 spiro atoms. The molecule has 0 atom stereocenters. The fourth-order valence-electron chi connectivity index (χ4n) is 3.54. The van der Waals surface area contributed by atoms with E-state index in [1.54, 1.807) is 12.1 Å². The van der Waals surface area contributed by atoms with Gasteiger partial charge in [0.05, 0.1) is 5.56 Å². The summed E-state index contributed by atoms with van der Waals surface area (Å²) in [6, 6.07) is 9.49. The Morgan fingerprint density at radius 2 is 1.67 bits per heavy atom. The first-order valence-corrected chi connectivity index (χ1v) is 8.58. The van der Waals surface area contributed by atoms with E-state index < -0.39 is 11.7 Å². The topological polar surface area (TPSA) is 21.5 Å². The van der Waals surface area contributed by atoms with Crippen molar-refractivity contribution in [1.82, 2.24) is 0 Å². The van der Waals surface area contributed by atoms with E-state index in [2.05, 4.69) is 11.6 Å². The summed E-state index contributed by atoms with van der Waals surface area (Å²) in [5.74, 6) is 1.54. The molecule has 2 aliphatic heterocycles. The van der Waals surface area contributed by atoms with Crippen molar-refractivity contribution >= 4 is 5.71 Å². The first kappa shape index (κ1) is 20.0. The average Bonchev–Trinajstić information content (AvgIpc) is 3.06. The lowest BCUT2D eigenvalue weighted by atomic mass is 9.92. The van der Waals surface area contributed by atoms with Crippen molar-refractivity contribution < 1.29 is 51.2 Å². The van der Waals surface area contributed by atoms with Crippen LogP contribution in [-0.2, 0) is 19.0 Å². The maximum atomic E-state index is 12.7. The van der Waals surface area contributed by atoms with Crippen LogP contribution in [-0.4, -0.2) is 30.7 Å². The predicted octanol–water partition coefficient (Wildman–Crippen LogP) is 1.06. The molecule has 0 saturated heterocycles. The van der Waals surface area contributed by atoms with Crippen molar-refractivity contribution in [2.24, 2.45) is 0 Å². The van der Waals surface area contributed by atoms with Gasteiger partial charge < -0.3 is 33.5 Å². The number of alkyl halides is 3. The van der Waals surface area contributed by atoms with Crippen molar-refractivity contribution in [1.29, 1.82) is 0 Å². The maximum absolute atomic E-state index is 12.7. The largest absolute Gasteiger partial charge is 1.00 e. The van der Waals surface area contributed by atoms with E-state index in [9.17, 15) is 13.2 Å². The molecular weight excluding hydrogens is 470 g/mol. The van der Waals surface area contributed by atoms with Crippen LogP contribution in [0.2, 0.25) is 0 Å². The molecule has 0 fully saturated rings. The van der Waals surface area contributed by atoms with Crippen molar-refractivity contribution in [2.75, 3.05) is 20.4 Å². The van der Waals surface area contributed by atoms with Gasteiger partial charge in [-0.1, -0.05) is 12.1 Å². The SMILES string of the molecule is C[N+]1=C(CCc2ccc(C(F)(F)F)cc2)c2cc3c(cc2CC1)OCO3.[I-]. The summed E-state index contributed by atoms with van der Waals surface area (Å²) in [6.07, 6.45) is -1.91. The molecule has 0 unspecified atom stereocenters. The van der Waals surface area contributed by atoms with Crippen molar-refractivity contribution in [3.63, 3.8) is 0 Å². The molecule has 0 aliphatic carbocycles. The smallest absolute Gasteiger partial charge is 0.416 e. The van der Waals surface area contributed by atoms with E-state index in [1.807, 2.05) is 12.1 Å². The van der Waals surface area contributed by atoms with Gasteiger partial charge in [0.15, 0.2) is 17.2 Å². The predicted molar refractivity (Wildman–Crippen MR) is 91.2 cm³/mol. The summed E-state index contributed by atoms with van der Waals surface area (Å²) in [5.41, 5.74) is 3.85. The summed E-state index contributed by atoms with van der Waals surface area (Å²) >= 11 is 0. The van der Waals surface area contributed by atoms with Crippen LogP contribution in [0, 0.1) is 0 Å². The standard InChI is InChI=1S/C20H19F3NO2.HI/c1-24-9-8-14-10-18-19(26-12-25-18)11-16(14)17(24)7-4-13-2-5-15(6-3-13)20(21,22)23;/h2-3,5-6,10-11H,4,7-9,12H2,1H3;1H/q+1;/p-1. The third-order valence-corrected chi connectivity index (χ3v) is 5.02. The normalized spacial score (nSPS) is 15.4. The Balaban J connectivity index is 0.00000210. The minimum atomic E-state index is -4.29. The van der Waals surface area contributed by atoms with E-state index in [4.69, 9.17) is 9.47 Å². The molecule has 0 aromatic heterocycles. The van der Waals surface area contributed by atoms with Crippen LogP contribution >= 0.6 is 0 Å². The zero-order valence-corrected chi connectivity index (χ0v) is 16.9. The molecule has 2 heterocycles. The van der Waals surface area contributed by atoms with E-state index >= 15 is 0 Å². The molecule has 2 aromatic carbocycles. The minimum absolute atomic E-state index is 0. The van der Waals surface area contributed by atoms with Crippen LogP contribution in [0.4, 0.5) is 13.2 Å². The quantitative estimate of drug-likeness (QED) is 0.476. The second-order valence-electron chi connectivity index (χ2n) is 6.68. The molecule has 0 saturated carbocycles. The second-order valence-corrected chi connectivity index (χ2v) is 6.68. The summed E-state index contributed by atoms with van der Waals surface area (Å²) < 4.78 is 51.2. The van der Waals surface area contributed by atoms with Gasteiger partial charge in [-0.3, -0.25) is 0 Å². The highest BCUT2D eigenvalue weighted by Crippen LogP contribution is 2.36. The van der Waals surface area contributed by atoms with Gasteiger partial charge in [-0.05, 0) is 41.8 Å². The Hall–Kier alpha value is -1.77. The third kappa shape index (κ3) is 4.07. The van der Waals surface area contributed by atoms with Gasteiger partial charge in [-0.2, -0.15) is 13.2 Å². The van der Waals surface area contributed by atoms with Gasteiger partial charge in [0, 0.05) is 18.4 Å². The molecule has 4 rings (SSSR count). The molecule has 7 heteroatoms. The number of likely N-dealkylation sites (N-methyl/N-ethyl adjacent to an activating group) is 1. The molecule has 0 N–H and O–H groups in total. The van der Waals surface area contributed by atoms with E-state index in [0.29, 0.717) is 6.42 Å². The molecule has 2 aliphatic rings. The van der Waals surface area contributed by atoms with E-state index in [0.717, 1.165) is 54.1 Å². The Morgan fingerprint density at radius 1 is 1.00 bits per heavy atom. The van der Waals surface area contributed by atoms with Crippen LogP contribution in [0.15, 0.2) is 36.4 Å². The minimum Gasteiger partial charge on any atom is -1.00 e. The molecule has 27 heavy (non-hydrogen) atoms. The number of hydrogen-bond donors (Lipinski definition) is 0. The number of ether oxygens (including phenoxy) is 2. The number of hydrogen-bond acceptors (Lipinski definition) is 2. The third-order valence-electron chi connectivity index (χ3n) is 5.02. The highest BCUT2D eigenvalue weighted by atomic mass is 127. The zero-order valence-electron chi connectivity index (χ0n) is 14.8. The Labute approximate surface area is 172 Å². The zero-order chi connectivity index (χ0) is 18.3. The molecule has 144 valence electrons. The van der Waals surface area contributed by atoms with E-state index in [-0.39, 0.29) is 30.8 Å². The number of rotatable bonds is 3. The first-order chi connectivity index (χ1) is 12.4. The highest BCUT2D eigenvalue weighted by Gasteiger charge is 2.30. The molecule has 0 amide bonds. The fraction of sp³-hybridized carbons (Fsp3) is 0.350. The van der Waals surface area contributed by atoms with Crippen LogP contribution in [0.5, 0.6) is 11.5 Å². The van der Waals surface area contributed by atoms with Gasteiger partial charge in [-0.15, -0.1) is 0 Å². The summed E-state index contributed by atoms with van der Waals surface area (Å²) in [4.78, 5) is 0. The van der Waals surface area contributed by atoms with Crippen LogP contribution in [0.3, 0.4) is 0 Å². The lowest BCUT2D eigenvalue weighted by Gasteiger charge is -2.17. The molecule has 0 radical (unpaired) electrons. The van der Waals surface area contributed by atoms with Gasteiger partial charge in [-0.25, -0.2) is 4.58 Å². The number of benzene rings is 2. The lowest BCUT2D eigenvalue weighted by molar-refractivity contribution is -0.499. The Bertz CT molecular complexity index is 876. The average molecular weight is 489 g/mol. The van der Waals surface area contributed by atoms with Crippen LogP contribution < -0.4 is 33.5 Å². The van der Waals surface area contributed by atoms with Gasteiger partial charge in [0.1, 0.15) is 13.6 Å².